The number of Topliss-reactive ketones (excluding diaryl/α,β-unsaturated/α-hetero) is 1. The van der Waals surface area contributed by atoms with Crippen molar-refractivity contribution in [3.63, 3.8) is 0 Å². The number of carbonyl (C=O) groups is 4. The van der Waals surface area contributed by atoms with Crippen LogP contribution in [0.25, 0.3) is 0 Å². The van der Waals surface area contributed by atoms with Gasteiger partial charge in [-0.25, -0.2) is 4.79 Å². The maximum absolute atomic E-state index is 13.5. The van der Waals surface area contributed by atoms with Crippen molar-refractivity contribution in [2.75, 3.05) is 18.6 Å². The van der Waals surface area contributed by atoms with Crippen LogP contribution in [0, 0.1) is 0 Å². The van der Waals surface area contributed by atoms with Crippen LogP contribution in [0.3, 0.4) is 0 Å². The molecule has 0 spiro atoms. The largest absolute Gasteiger partial charge is 0.495 e. The van der Waals surface area contributed by atoms with Crippen LogP contribution in [-0.4, -0.2) is 53.9 Å². The van der Waals surface area contributed by atoms with Crippen molar-refractivity contribution in [3.8, 4) is 5.75 Å². The SMILES string of the molecule is COc1ccc(C(=O)COC(=O)C23CCC(=O)N2c2ccccc2C(=O)N3C2CC2)cc1Cl. The third-order valence-corrected chi connectivity index (χ3v) is 6.64. The van der Waals surface area contributed by atoms with E-state index in [1.807, 2.05) is 0 Å². The van der Waals surface area contributed by atoms with Crippen molar-refractivity contribution >= 4 is 40.9 Å². The molecule has 1 atom stereocenters. The number of nitrogens with zero attached hydrogens (tertiary/aromatic N) is 2. The van der Waals surface area contributed by atoms with E-state index in [2.05, 4.69) is 0 Å². The van der Waals surface area contributed by atoms with Crippen molar-refractivity contribution in [2.24, 2.45) is 0 Å². The van der Waals surface area contributed by atoms with Gasteiger partial charge in [0, 0.05) is 24.4 Å². The standard InChI is InChI=1S/C24H21ClN2O6/c1-32-20-9-6-14(12-17(20)25)19(28)13-33-23(31)24-11-10-21(29)27(24)18-5-3-2-4-16(18)22(30)26(24)15-7-8-15/h2-6,9,12,15H,7-8,10-11,13H2,1H3. The number of hydrogen-bond donors (Lipinski definition) is 0. The van der Waals surface area contributed by atoms with Crippen LogP contribution in [0.1, 0.15) is 46.4 Å². The molecule has 3 aliphatic rings. The Labute approximate surface area is 195 Å². The van der Waals surface area contributed by atoms with E-state index in [1.165, 1.54) is 29.0 Å². The van der Waals surface area contributed by atoms with E-state index in [9.17, 15) is 19.2 Å². The number of benzene rings is 2. The second-order valence-electron chi connectivity index (χ2n) is 8.32. The van der Waals surface area contributed by atoms with Gasteiger partial charge < -0.3 is 14.4 Å². The van der Waals surface area contributed by atoms with Crippen LogP contribution < -0.4 is 9.64 Å². The maximum atomic E-state index is 13.5. The van der Waals surface area contributed by atoms with E-state index >= 15 is 0 Å². The summed E-state index contributed by atoms with van der Waals surface area (Å²) in [6, 6.07) is 11.1. The number of fused-ring (bicyclic) bond motifs is 3. The third kappa shape index (κ3) is 3.28. The normalized spacial score (nSPS) is 21.5. The molecule has 9 heteroatoms. The highest BCUT2D eigenvalue weighted by molar-refractivity contribution is 6.32. The van der Waals surface area contributed by atoms with Gasteiger partial charge in [-0.15, -0.1) is 0 Å². The van der Waals surface area contributed by atoms with Gasteiger partial charge in [-0.05, 0) is 43.2 Å². The zero-order valence-corrected chi connectivity index (χ0v) is 18.6. The number of anilines is 1. The molecule has 8 nitrogen and oxygen atoms in total. The van der Waals surface area contributed by atoms with E-state index in [1.54, 1.807) is 30.3 Å². The molecule has 0 aromatic heterocycles. The van der Waals surface area contributed by atoms with Crippen molar-refractivity contribution < 1.29 is 28.7 Å². The van der Waals surface area contributed by atoms with Crippen molar-refractivity contribution in [1.29, 1.82) is 0 Å². The Hall–Kier alpha value is -3.39. The first-order valence-electron chi connectivity index (χ1n) is 10.7. The molecular formula is C24H21ClN2O6. The molecule has 1 saturated carbocycles. The van der Waals surface area contributed by atoms with Gasteiger partial charge in [0.15, 0.2) is 12.4 Å². The highest BCUT2D eigenvalue weighted by Crippen LogP contribution is 2.49. The van der Waals surface area contributed by atoms with E-state index < -0.39 is 24.0 Å². The number of carbonyl (C=O) groups excluding carboxylic acids is 4. The quantitative estimate of drug-likeness (QED) is 0.477. The number of halogens is 1. The van der Waals surface area contributed by atoms with E-state index in [-0.39, 0.29) is 41.3 Å². The highest BCUT2D eigenvalue weighted by atomic mass is 35.5. The molecule has 170 valence electrons. The topological polar surface area (TPSA) is 93.2 Å². The van der Waals surface area contributed by atoms with Gasteiger partial charge in [0.2, 0.25) is 11.6 Å². The molecule has 5 rings (SSSR count). The highest BCUT2D eigenvalue weighted by Gasteiger charge is 2.64. The molecule has 2 aliphatic heterocycles. The lowest BCUT2D eigenvalue weighted by Gasteiger charge is -2.48. The number of rotatable bonds is 6. The zero-order chi connectivity index (χ0) is 23.3. The molecule has 1 unspecified atom stereocenters. The molecule has 33 heavy (non-hydrogen) atoms. The first-order valence-corrected chi connectivity index (χ1v) is 11.1. The summed E-state index contributed by atoms with van der Waals surface area (Å²) in [6.07, 6.45) is 1.70. The van der Waals surface area contributed by atoms with Crippen LogP contribution in [-0.2, 0) is 14.3 Å². The second kappa shape index (κ2) is 7.88. The number of para-hydroxylation sites is 1. The summed E-state index contributed by atoms with van der Waals surface area (Å²) in [5, 5.41) is 0.259. The molecule has 2 fully saturated rings. The molecule has 0 radical (unpaired) electrons. The first kappa shape index (κ1) is 21.5. The lowest BCUT2D eigenvalue weighted by Crippen LogP contribution is -2.69. The molecule has 2 aromatic carbocycles. The van der Waals surface area contributed by atoms with Crippen molar-refractivity contribution in [3.05, 3.63) is 58.6 Å². The Morgan fingerprint density at radius 1 is 1.15 bits per heavy atom. The van der Waals surface area contributed by atoms with Gasteiger partial charge in [0.05, 0.1) is 23.4 Å². The van der Waals surface area contributed by atoms with Gasteiger partial charge in [0.1, 0.15) is 5.75 Å². The summed E-state index contributed by atoms with van der Waals surface area (Å²) < 4.78 is 10.6. The molecular weight excluding hydrogens is 448 g/mol. The molecule has 2 amide bonds. The van der Waals surface area contributed by atoms with Crippen molar-refractivity contribution in [2.45, 2.75) is 37.4 Å². The van der Waals surface area contributed by atoms with Crippen LogP contribution >= 0.6 is 11.6 Å². The summed E-state index contributed by atoms with van der Waals surface area (Å²) in [4.78, 5) is 55.4. The minimum absolute atomic E-state index is 0.0992. The Morgan fingerprint density at radius 2 is 1.91 bits per heavy atom. The monoisotopic (exact) mass is 468 g/mol. The second-order valence-corrected chi connectivity index (χ2v) is 8.73. The minimum atomic E-state index is -1.58. The van der Waals surface area contributed by atoms with Gasteiger partial charge in [-0.1, -0.05) is 23.7 Å². The Balaban J connectivity index is 1.45. The maximum Gasteiger partial charge on any atom is 0.354 e. The number of ether oxygens (including phenoxy) is 2. The molecule has 1 aliphatic carbocycles. The number of esters is 1. The zero-order valence-electron chi connectivity index (χ0n) is 17.9. The summed E-state index contributed by atoms with van der Waals surface area (Å²) >= 11 is 6.10. The van der Waals surface area contributed by atoms with Gasteiger partial charge in [-0.2, -0.15) is 0 Å². The fraction of sp³-hybridized carbons (Fsp3) is 0.333. The molecule has 2 heterocycles. The molecule has 0 N–H and O–H groups in total. The predicted molar refractivity (Wildman–Crippen MR) is 118 cm³/mol. The summed E-state index contributed by atoms with van der Waals surface area (Å²) in [5.74, 6) is -1.38. The number of amides is 2. The van der Waals surface area contributed by atoms with Crippen LogP contribution in [0.2, 0.25) is 5.02 Å². The fourth-order valence-electron chi connectivity index (χ4n) is 4.68. The Bertz CT molecular complexity index is 1190. The Kier molecular flexibility index (Phi) is 5.12. The van der Waals surface area contributed by atoms with Crippen LogP contribution in [0.5, 0.6) is 5.75 Å². The Morgan fingerprint density at radius 3 is 2.61 bits per heavy atom. The minimum Gasteiger partial charge on any atom is -0.495 e. The van der Waals surface area contributed by atoms with Crippen LogP contribution in [0.4, 0.5) is 5.69 Å². The summed E-state index contributed by atoms with van der Waals surface area (Å²) in [5.41, 5.74) is -0.546. The van der Waals surface area contributed by atoms with Gasteiger partial charge in [0.25, 0.3) is 5.91 Å². The molecule has 0 bridgehead atoms. The smallest absolute Gasteiger partial charge is 0.354 e. The van der Waals surface area contributed by atoms with E-state index in [0.717, 1.165) is 12.8 Å². The lowest BCUT2D eigenvalue weighted by atomic mass is 9.96. The number of methoxy groups -OCH3 is 1. The average molecular weight is 469 g/mol. The lowest BCUT2D eigenvalue weighted by molar-refractivity contribution is -0.156. The number of ketones is 1. The third-order valence-electron chi connectivity index (χ3n) is 6.35. The van der Waals surface area contributed by atoms with Crippen LogP contribution in [0.15, 0.2) is 42.5 Å². The van der Waals surface area contributed by atoms with Gasteiger partial charge in [-0.3, -0.25) is 19.3 Å². The first-order chi connectivity index (χ1) is 15.9. The van der Waals surface area contributed by atoms with Crippen molar-refractivity contribution in [1.82, 2.24) is 4.90 Å². The molecule has 1 saturated heterocycles. The van der Waals surface area contributed by atoms with E-state index in [4.69, 9.17) is 21.1 Å². The predicted octanol–water partition coefficient (Wildman–Crippen LogP) is 3.22. The summed E-state index contributed by atoms with van der Waals surface area (Å²) in [7, 11) is 1.47. The average Bonchev–Trinajstić information content (AvgIpc) is 3.59. The van der Waals surface area contributed by atoms with E-state index in [0.29, 0.717) is 17.0 Å². The van der Waals surface area contributed by atoms with Gasteiger partial charge >= 0.3 is 5.97 Å². The summed E-state index contributed by atoms with van der Waals surface area (Å²) in [6.45, 7) is -0.542. The number of hydrogen-bond acceptors (Lipinski definition) is 6. The molecule has 2 aromatic rings. The fourth-order valence-corrected chi connectivity index (χ4v) is 4.94.